The van der Waals surface area contributed by atoms with E-state index in [0.717, 1.165) is 18.9 Å². The van der Waals surface area contributed by atoms with Gasteiger partial charge in [-0.3, -0.25) is 4.79 Å². The van der Waals surface area contributed by atoms with Crippen molar-refractivity contribution < 1.29 is 29.2 Å². The van der Waals surface area contributed by atoms with Crippen LogP contribution in [-0.2, 0) is 0 Å². The minimum Gasteiger partial charge on any atom is -0.492 e. The number of hydrogen-bond acceptors (Lipinski definition) is 6. The molecule has 2 fully saturated rings. The minimum atomic E-state index is -1.35. The predicted octanol–water partition coefficient (Wildman–Crippen LogP) is 1.75. The molecule has 1 aliphatic carbocycles. The number of aliphatic hydroxyl groups excluding tert-OH is 1. The lowest BCUT2D eigenvalue weighted by molar-refractivity contribution is -0.0682. The number of aromatic nitrogens is 1. The van der Waals surface area contributed by atoms with Crippen molar-refractivity contribution in [2.24, 2.45) is 5.92 Å². The lowest BCUT2D eigenvalue weighted by Gasteiger charge is -2.43. The molecule has 0 radical (unpaired) electrons. The first-order valence-electron chi connectivity index (χ1n) is 9.98. The monoisotopic (exact) mass is 420 g/mol. The Bertz CT molecular complexity index is 1080. The highest BCUT2D eigenvalue weighted by atomic mass is 19.1. The van der Waals surface area contributed by atoms with Gasteiger partial charge in [-0.25, -0.2) is 9.18 Å². The van der Waals surface area contributed by atoms with E-state index in [4.69, 9.17) is 4.74 Å². The van der Waals surface area contributed by atoms with Gasteiger partial charge >= 0.3 is 5.97 Å². The van der Waals surface area contributed by atoms with Crippen LogP contribution >= 0.6 is 0 Å². The second kappa shape index (κ2) is 7.24. The number of carboxylic acids is 1. The molecule has 2 aliphatic rings. The van der Waals surface area contributed by atoms with Crippen molar-refractivity contribution in [3.05, 3.63) is 33.9 Å². The van der Waals surface area contributed by atoms with E-state index in [1.807, 2.05) is 0 Å². The van der Waals surface area contributed by atoms with Gasteiger partial charge in [-0.05, 0) is 25.3 Å². The normalized spacial score (nSPS) is 24.3. The van der Waals surface area contributed by atoms with Crippen LogP contribution in [-0.4, -0.2) is 58.3 Å². The molecule has 1 aromatic carbocycles. The molecule has 162 valence electrons. The van der Waals surface area contributed by atoms with Gasteiger partial charge in [0.25, 0.3) is 0 Å². The summed E-state index contributed by atoms with van der Waals surface area (Å²) >= 11 is 0. The number of piperidine rings is 1. The molecule has 2 unspecified atom stereocenters. The molecule has 1 aliphatic heterocycles. The lowest BCUT2D eigenvalue weighted by atomic mass is 9.82. The fourth-order valence-corrected chi connectivity index (χ4v) is 4.33. The third kappa shape index (κ3) is 3.13. The molecule has 8 nitrogen and oxygen atoms in total. The number of rotatable bonds is 5. The van der Waals surface area contributed by atoms with Gasteiger partial charge in [-0.15, -0.1) is 0 Å². The minimum absolute atomic E-state index is 0.0261. The summed E-state index contributed by atoms with van der Waals surface area (Å²) in [5.74, 6) is -2.19. The number of aliphatic hydroxyl groups is 2. The summed E-state index contributed by atoms with van der Waals surface area (Å²) < 4.78 is 22.6. The van der Waals surface area contributed by atoms with Crippen molar-refractivity contribution in [3.8, 4) is 5.75 Å². The zero-order chi connectivity index (χ0) is 21.8. The number of pyridine rings is 1. The largest absolute Gasteiger partial charge is 0.492 e. The number of ether oxygens (including phenoxy) is 1. The van der Waals surface area contributed by atoms with Crippen molar-refractivity contribution in [1.29, 1.82) is 0 Å². The molecular formula is C21H25FN2O6. The van der Waals surface area contributed by atoms with Crippen LogP contribution in [0.3, 0.4) is 0 Å². The average molecular weight is 420 g/mol. The topological polar surface area (TPSA) is 112 Å². The predicted molar refractivity (Wildman–Crippen MR) is 108 cm³/mol. The molecule has 0 amide bonds. The number of aromatic carboxylic acids is 1. The first-order chi connectivity index (χ1) is 14.2. The highest BCUT2D eigenvalue weighted by Gasteiger charge is 2.40. The van der Waals surface area contributed by atoms with Gasteiger partial charge < -0.3 is 29.5 Å². The van der Waals surface area contributed by atoms with Crippen molar-refractivity contribution in [2.45, 2.75) is 37.8 Å². The number of halogens is 1. The summed E-state index contributed by atoms with van der Waals surface area (Å²) in [4.78, 5) is 26.1. The smallest absolute Gasteiger partial charge is 0.341 e. The van der Waals surface area contributed by atoms with E-state index in [9.17, 15) is 24.9 Å². The first-order valence-corrected chi connectivity index (χ1v) is 9.98. The summed E-state index contributed by atoms with van der Waals surface area (Å²) in [6.45, 7) is 1.99. The molecule has 3 N–H and O–H groups in total. The van der Waals surface area contributed by atoms with Crippen LogP contribution < -0.4 is 15.1 Å². The molecule has 1 aromatic heterocycles. The van der Waals surface area contributed by atoms with Crippen molar-refractivity contribution in [2.75, 3.05) is 31.7 Å². The zero-order valence-electron chi connectivity index (χ0n) is 16.9. The van der Waals surface area contributed by atoms with E-state index in [2.05, 4.69) is 0 Å². The highest BCUT2D eigenvalue weighted by molar-refractivity contribution is 5.97. The van der Waals surface area contributed by atoms with Crippen LogP contribution in [0.25, 0.3) is 10.9 Å². The zero-order valence-corrected chi connectivity index (χ0v) is 16.9. The Morgan fingerprint density at radius 1 is 1.40 bits per heavy atom. The number of nitrogens with zero attached hydrogens (tertiary/aromatic N) is 2. The van der Waals surface area contributed by atoms with Crippen molar-refractivity contribution in [3.63, 3.8) is 0 Å². The number of benzene rings is 1. The van der Waals surface area contributed by atoms with Crippen LogP contribution in [0, 0.1) is 11.7 Å². The SMILES string of the molecule is COc1c(N2CCC(O)(CO)C(C)C2)c(F)cc2c(=O)c(C(=O)O)cn(C3CC3)c12. The number of hydrogen-bond donors (Lipinski definition) is 3. The molecule has 30 heavy (non-hydrogen) atoms. The number of fused-ring (bicyclic) bond motifs is 1. The van der Waals surface area contributed by atoms with Gasteiger partial charge in [0.05, 0.1) is 30.2 Å². The Balaban J connectivity index is 1.94. The third-order valence-corrected chi connectivity index (χ3v) is 6.39. The van der Waals surface area contributed by atoms with Crippen LogP contribution in [0.1, 0.15) is 42.6 Å². The van der Waals surface area contributed by atoms with E-state index in [1.54, 1.807) is 16.4 Å². The summed E-state index contributed by atoms with van der Waals surface area (Å²) in [5, 5.41) is 29.4. The fraction of sp³-hybridized carbons (Fsp3) is 0.524. The molecule has 1 saturated carbocycles. The van der Waals surface area contributed by atoms with Gasteiger partial charge in [0.1, 0.15) is 11.3 Å². The van der Waals surface area contributed by atoms with Gasteiger partial charge in [0.15, 0.2) is 11.6 Å². The number of carboxylic acid groups (broad SMARTS) is 1. The van der Waals surface area contributed by atoms with Crippen LogP contribution in [0.4, 0.5) is 10.1 Å². The quantitative estimate of drug-likeness (QED) is 0.676. The Morgan fingerprint density at radius 2 is 2.10 bits per heavy atom. The number of anilines is 1. The van der Waals surface area contributed by atoms with Gasteiger partial charge in [-0.1, -0.05) is 6.92 Å². The standard InChI is InChI=1S/C21H25FN2O6/c1-11-8-23(6-5-21(11,29)10-25)17-15(22)7-13-16(19(17)30-2)24(12-3-4-12)9-14(18(13)26)20(27)28/h7,9,11-12,25,29H,3-6,8,10H2,1-2H3,(H,27,28). The first kappa shape index (κ1) is 20.6. The summed E-state index contributed by atoms with van der Waals surface area (Å²) in [5.41, 5.74) is -1.83. The maximum absolute atomic E-state index is 15.3. The fourth-order valence-electron chi connectivity index (χ4n) is 4.33. The maximum atomic E-state index is 15.3. The van der Waals surface area contributed by atoms with E-state index < -0.39 is 28.4 Å². The Morgan fingerprint density at radius 3 is 2.63 bits per heavy atom. The molecular weight excluding hydrogens is 395 g/mol. The summed E-state index contributed by atoms with van der Waals surface area (Å²) in [6, 6.07) is 1.11. The lowest BCUT2D eigenvalue weighted by Crippen LogP contribution is -2.53. The van der Waals surface area contributed by atoms with Crippen LogP contribution in [0.15, 0.2) is 17.1 Å². The molecule has 0 bridgehead atoms. The Kier molecular flexibility index (Phi) is 4.98. The average Bonchev–Trinajstić information content (AvgIpc) is 3.55. The van der Waals surface area contributed by atoms with Crippen molar-refractivity contribution in [1.82, 2.24) is 4.57 Å². The third-order valence-electron chi connectivity index (χ3n) is 6.39. The highest BCUT2D eigenvalue weighted by Crippen LogP contribution is 2.44. The van der Waals surface area contributed by atoms with E-state index in [-0.39, 0.29) is 48.4 Å². The van der Waals surface area contributed by atoms with Crippen LogP contribution in [0.2, 0.25) is 0 Å². The molecule has 2 aromatic rings. The number of carbonyl (C=O) groups is 1. The van der Waals surface area contributed by atoms with Gasteiger partial charge in [0.2, 0.25) is 5.43 Å². The van der Waals surface area contributed by atoms with Gasteiger partial charge in [-0.2, -0.15) is 0 Å². The molecule has 1 saturated heterocycles. The Labute approximate surface area is 172 Å². The molecule has 9 heteroatoms. The Hall–Kier alpha value is -2.65. The number of methoxy groups -OCH3 is 1. The molecule has 0 spiro atoms. The second-order valence-electron chi connectivity index (χ2n) is 8.31. The molecule has 2 atom stereocenters. The van der Waals surface area contributed by atoms with E-state index >= 15 is 4.39 Å². The maximum Gasteiger partial charge on any atom is 0.341 e. The molecule has 4 rings (SSSR count). The van der Waals surface area contributed by atoms with E-state index in [0.29, 0.717) is 12.1 Å². The van der Waals surface area contributed by atoms with Crippen LogP contribution in [0.5, 0.6) is 5.75 Å². The van der Waals surface area contributed by atoms with E-state index in [1.165, 1.54) is 13.3 Å². The second-order valence-corrected chi connectivity index (χ2v) is 8.31. The van der Waals surface area contributed by atoms with Gasteiger partial charge in [0, 0.05) is 31.2 Å². The molecule has 2 heterocycles. The summed E-state index contributed by atoms with van der Waals surface area (Å²) in [6.07, 6.45) is 3.23. The van der Waals surface area contributed by atoms with Crippen molar-refractivity contribution >= 4 is 22.6 Å². The summed E-state index contributed by atoms with van der Waals surface area (Å²) in [7, 11) is 1.39.